The fraction of sp³-hybridized carbons (Fsp3) is 0.923. The molecule has 1 aliphatic carbocycles. The molecular weight excluding hydrogens is 214 g/mol. The molecule has 0 aromatic rings. The lowest BCUT2D eigenvalue weighted by molar-refractivity contribution is 0.0750. The summed E-state index contributed by atoms with van der Waals surface area (Å²) in [5.74, 6) is 0. The van der Waals surface area contributed by atoms with Gasteiger partial charge in [0, 0.05) is 12.6 Å². The SMILES string of the molecule is C(=NCCC1COCCN1)=NC1CCCCC1. The molecule has 1 heterocycles. The Balaban J connectivity index is 1.61. The Morgan fingerprint density at radius 3 is 2.88 bits per heavy atom. The maximum absolute atomic E-state index is 5.39. The molecule has 0 bridgehead atoms. The number of aliphatic imine (C=N–C) groups is 2. The van der Waals surface area contributed by atoms with Gasteiger partial charge >= 0.3 is 0 Å². The largest absolute Gasteiger partial charge is 0.379 e. The number of hydrogen-bond acceptors (Lipinski definition) is 4. The van der Waals surface area contributed by atoms with Crippen LogP contribution in [-0.4, -0.2) is 44.4 Å². The Morgan fingerprint density at radius 2 is 2.12 bits per heavy atom. The van der Waals surface area contributed by atoms with Crippen molar-refractivity contribution >= 4 is 6.01 Å². The number of nitrogens with zero attached hydrogens (tertiary/aromatic N) is 2. The van der Waals surface area contributed by atoms with E-state index in [2.05, 4.69) is 21.3 Å². The molecule has 2 rings (SSSR count). The average molecular weight is 237 g/mol. The van der Waals surface area contributed by atoms with Crippen molar-refractivity contribution in [2.75, 3.05) is 26.3 Å². The number of nitrogens with one attached hydrogen (secondary N) is 1. The van der Waals surface area contributed by atoms with Gasteiger partial charge in [0.05, 0.1) is 31.8 Å². The van der Waals surface area contributed by atoms with Crippen LogP contribution < -0.4 is 5.32 Å². The van der Waals surface area contributed by atoms with Gasteiger partial charge in [-0.15, -0.1) is 0 Å². The summed E-state index contributed by atoms with van der Waals surface area (Å²) in [5, 5.41) is 3.42. The Kier molecular flexibility index (Phi) is 5.69. The molecule has 0 amide bonds. The topological polar surface area (TPSA) is 46.0 Å². The van der Waals surface area contributed by atoms with Crippen molar-refractivity contribution in [2.24, 2.45) is 9.98 Å². The maximum Gasteiger partial charge on any atom is 0.0895 e. The molecule has 1 saturated carbocycles. The Labute approximate surface area is 104 Å². The molecule has 0 aromatic heterocycles. The van der Waals surface area contributed by atoms with Gasteiger partial charge in [0.1, 0.15) is 0 Å². The van der Waals surface area contributed by atoms with Crippen LogP contribution in [-0.2, 0) is 4.74 Å². The second-order valence-electron chi connectivity index (χ2n) is 4.92. The third-order valence-electron chi connectivity index (χ3n) is 3.47. The predicted molar refractivity (Wildman–Crippen MR) is 68.8 cm³/mol. The van der Waals surface area contributed by atoms with E-state index in [1.165, 1.54) is 32.1 Å². The summed E-state index contributed by atoms with van der Waals surface area (Å²) >= 11 is 0. The zero-order chi connectivity index (χ0) is 11.8. The molecule has 1 aliphatic heterocycles. The van der Waals surface area contributed by atoms with E-state index in [1.807, 2.05) is 0 Å². The molecule has 1 atom stereocenters. The van der Waals surface area contributed by atoms with Gasteiger partial charge in [-0.2, -0.15) is 0 Å². The minimum Gasteiger partial charge on any atom is -0.379 e. The first-order chi connectivity index (χ1) is 8.45. The Bertz CT molecular complexity index is 262. The van der Waals surface area contributed by atoms with E-state index < -0.39 is 0 Å². The van der Waals surface area contributed by atoms with Gasteiger partial charge in [-0.25, -0.2) is 9.98 Å². The van der Waals surface area contributed by atoms with Crippen molar-refractivity contribution in [3.05, 3.63) is 0 Å². The second-order valence-corrected chi connectivity index (χ2v) is 4.92. The van der Waals surface area contributed by atoms with Crippen molar-refractivity contribution in [1.29, 1.82) is 0 Å². The van der Waals surface area contributed by atoms with Crippen LogP contribution in [0, 0.1) is 0 Å². The molecule has 0 radical (unpaired) electrons. The summed E-state index contributed by atoms with van der Waals surface area (Å²) < 4.78 is 5.39. The Hall–Kier alpha value is -0.700. The van der Waals surface area contributed by atoms with Crippen LogP contribution in [0.3, 0.4) is 0 Å². The third-order valence-corrected chi connectivity index (χ3v) is 3.47. The number of morpholine rings is 1. The quantitative estimate of drug-likeness (QED) is 0.759. The number of ether oxygens (including phenoxy) is 1. The highest BCUT2D eigenvalue weighted by Crippen LogP contribution is 2.19. The average Bonchev–Trinajstić information content (AvgIpc) is 2.41. The molecule has 1 N–H and O–H groups in total. The fourth-order valence-corrected chi connectivity index (χ4v) is 2.41. The monoisotopic (exact) mass is 237 g/mol. The molecule has 17 heavy (non-hydrogen) atoms. The Morgan fingerprint density at radius 1 is 1.24 bits per heavy atom. The lowest BCUT2D eigenvalue weighted by Gasteiger charge is -2.22. The minimum absolute atomic E-state index is 0.462. The van der Waals surface area contributed by atoms with Crippen LogP contribution in [0.1, 0.15) is 38.5 Å². The van der Waals surface area contributed by atoms with E-state index in [4.69, 9.17) is 4.74 Å². The summed E-state index contributed by atoms with van der Waals surface area (Å²) in [7, 11) is 0. The van der Waals surface area contributed by atoms with Gasteiger partial charge in [-0.05, 0) is 19.3 Å². The molecule has 2 fully saturated rings. The van der Waals surface area contributed by atoms with Gasteiger partial charge in [-0.1, -0.05) is 19.3 Å². The molecular formula is C13H23N3O. The molecule has 1 unspecified atom stereocenters. The van der Waals surface area contributed by atoms with Gasteiger partial charge in [0.15, 0.2) is 0 Å². The van der Waals surface area contributed by atoms with E-state index in [0.717, 1.165) is 32.7 Å². The first-order valence-electron chi connectivity index (χ1n) is 6.87. The maximum atomic E-state index is 5.39. The summed E-state index contributed by atoms with van der Waals surface area (Å²) in [4.78, 5) is 8.64. The summed E-state index contributed by atoms with van der Waals surface area (Å²) in [6.07, 6.45) is 7.48. The van der Waals surface area contributed by atoms with E-state index in [1.54, 1.807) is 0 Å². The molecule has 2 aliphatic rings. The van der Waals surface area contributed by atoms with E-state index >= 15 is 0 Å². The van der Waals surface area contributed by atoms with Crippen LogP contribution >= 0.6 is 0 Å². The summed E-state index contributed by atoms with van der Waals surface area (Å²) in [6, 6.07) is 3.83. The van der Waals surface area contributed by atoms with Gasteiger partial charge < -0.3 is 10.1 Å². The van der Waals surface area contributed by atoms with Gasteiger partial charge in [-0.3, -0.25) is 0 Å². The van der Waals surface area contributed by atoms with Gasteiger partial charge in [0.2, 0.25) is 0 Å². The molecule has 96 valence electrons. The highest BCUT2D eigenvalue weighted by molar-refractivity contribution is 5.41. The molecule has 0 spiro atoms. The zero-order valence-corrected chi connectivity index (χ0v) is 10.5. The van der Waals surface area contributed by atoms with E-state index in [0.29, 0.717) is 12.1 Å². The predicted octanol–water partition coefficient (Wildman–Crippen LogP) is 1.87. The normalized spacial score (nSPS) is 26.2. The molecule has 4 nitrogen and oxygen atoms in total. The fourth-order valence-electron chi connectivity index (χ4n) is 2.41. The first kappa shape index (κ1) is 12.7. The zero-order valence-electron chi connectivity index (χ0n) is 10.5. The van der Waals surface area contributed by atoms with Crippen molar-refractivity contribution < 1.29 is 4.74 Å². The van der Waals surface area contributed by atoms with Crippen molar-refractivity contribution in [1.82, 2.24) is 5.32 Å². The standard InChI is InChI=1S/C13H23N3O/c1-2-4-12(5-3-1)16-11-14-7-6-13-10-17-9-8-15-13/h12-13,15H,1-10H2. The van der Waals surface area contributed by atoms with Crippen LogP contribution in [0.25, 0.3) is 0 Å². The lowest BCUT2D eigenvalue weighted by atomic mass is 9.96. The van der Waals surface area contributed by atoms with Crippen molar-refractivity contribution in [2.45, 2.75) is 50.6 Å². The summed E-state index contributed by atoms with van der Waals surface area (Å²) in [6.45, 7) is 3.42. The van der Waals surface area contributed by atoms with Gasteiger partial charge in [0.25, 0.3) is 0 Å². The number of hydrogen-bond donors (Lipinski definition) is 1. The van der Waals surface area contributed by atoms with Crippen molar-refractivity contribution in [3.8, 4) is 0 Å². The van der Waals surface area contributed by atoms with Crippen molar-refractivity contribution in [3.63, 3.8) is 0 Å². The highest BCUT2D eigenvalue weighted by Gasteiger charge is 2.12. The van der Waals surface area contributed by atoms with E-state index in [-0.39, 0.29) is 0 Å². The molecule has 4 heteroatoms. The summed E-state index contributed by atoms with van der Waals surface area (Å²) in [5.41, 5.74) is 0. The van der Waals surface area contributed by atoms with Crippen LogP contribution in [0.15, 0.2) is 9.98 Å². The molecule has 0 aromatic carbocycles. The minimum atomic E-state index is 0.462. The van der Waals surface area contributed by atoms with Crippen LogP contribution in [0.2, 0.25) is 0 Å². The van der Waals surface area contributed by atoms with Crippen LogP contribution in [0.5, 0.6) is 0 Å². The smallest absolute Gasteiger partial charge is 0.0895 e. The number of rotatable bonds is 4. The van der Waals surface area contributed by atoms with Crippen LogP contribution in [0.4, 0.5) is 0 Å². The third kappa shape index (κ3) is 4.99. The van der Waals surface area contributed by atoms with E-state index in [9.17, 15) is 0 Å². The molecule has 1 saturated heterocycles. The second kappa shape index (κ2) is 7.59. The lowest BCUT2D eigenvalue weighted by Crippen LogP contribution is -2.41. The highest BCUT2D eigenvalue weighted by atomic mass is 16.5. The first-order valence-corrected chi connectivity index (χ1v) is 6.87.